The Balaban J connectivity index is 2.56. The Morgan fingerprint density at radius 3 is 2.29 bits per heavy atom. The molecule has 1 N–H and O–H groups in total. The van der Waals surface area contributed by atoms with Crippen molar-refractivity contribution in [1.29, 1.82) is 0 Å². The fourth-order valence-corrected chi connectivity index (χ4v) is 2.19. The van der Waals surface area contributed by atoms with Gasteiger partial charge in [-0.05, 0) is 32.3 Å². The molecule has 0 amide bonds. The average Bonchev–Trinajstić information content (AvgIpc) is 2.34. The van der Waals surface area contributed by atoms with E-state index >= 15 is 0 Å². The normalized spacial score (nSPS) is 14.6. The summed E-state index contributed by atoms with van der Waals surface area (Å²) < 4.78 is 0. The van der Waals surface area contributed by atoms with Crippen LogP contribution in [-0.4, -0.2) is 6.04 Å². The molecule has 2 unspecified atom stereocenters. The van der Waals surface area contributed by atoms with Crippen molar-refractivity contribution in [2.75, 3.05) is 0 Å². The van der Waals surface area contributed by atoms with E-state index in [-0.39, 0.29) is 0 Å². The highest BCUT2D eigenvalue weighted by Crippen LogP contribution is 2.18. The molecular weight excluding hydrogens is 206 g/mol. The maximum absolute atomic E-state index is 3.74. The van der Waals surface area contributed by atoms with E-state index in [9.17, 15) is 0 Å². The highest BCUT2D eigenvalue weighted by molar-refractivity contribution is 5.24. The number of unbranched alkanes of at least 4 members (excludes halogenated alkanes) is 1. The fourth-order valence-electron chi connectivity index (χ4n) is 2.19. The summed E-state index contributed by atoms with van der Waals surface area (Å²) in [6.07, 6.45) is 5.03. The van der Waals surface area contributed by atoms with E-state index in [1.54, 1.807) is 0 Å². The lowest BCUT2D eigenvalue weighted by molar-refractivity contribution is 0.418. The van der Waals surface area contributed by atoms with Crippen molar-refractivity contribution in [3.05, 3.63) is 35.4 Å². The number of rotatable bonds is 7. The molecule has 2 atom stereocenters. The molecule has 0 aliphatic carbocycles. The number of hydrogen-bond acceptors (Lipinski definition) is 1. The fraction of sp³-hybridized carbons (Fsp3) is 0.625. The largest absolute Gasteiger partial charge is 0.307 e. The van der Waals surface area contributed by atoms with Crippen molar-refractivity contribution in [1.82, 2.24) is 5.32 Å². The van der Waals surface area contributed by atoms with E-state index in [1.807, 2.05) is 0 Å². The molecular formula is C16H27N. The second-order valence-electron chi connectivity index (χ2n) is 5.08. The molecule has 1 nitrogen and oxygen atoms in total. The lowest BCUT2D eigenvalue weighted by Gasteiger charge is -2.22. The SMILES string of the molecule is CCCCC(C)NC(CC)c1ccc(C)cc1. The van der Waals surface area contributed by atoms with Gasteiger partial charge in [0.15, 0.2) is 0 Å². The van der Waals surface area contributed by atoms with Crippen molar-refractivity contribution in [2.45, 2.75) is 65.5 Å². The van der Waals surface area contributed by atoms with Gasteiger partial charge in [-0.1, -0.05) is 56.5 Å². The molecule has 0 radical (unpaired) electrons. The van der Waals surface area contributed by atoms with Crippen LogP contribution in [0.3, 0.4) is 0 Å². The van der Waals surface area contributed by atoms with Gasteiger partial charge in [0.2, 0.25) is 0 Å². The number of hydrogen-bond donors (Lipinski definition) is 1. The number of benzene rings is 1. The summed E-state index contributed by atoms with van der Waals surface area (Å²) in [5, 5.41) is 3.74. The van der Waals surface area contributed by atoms with Crippen LogP contribution in [0.25, 0.3) is 0 Å². The minimum Gasteiger partial charge on any atom is -0.307 e. The van der Waals surface area contributed by atoms with E-state index in [1.165, 1.54) is 30.4 Å². The van der Waals surface area contributed by atoms with Gasteiger partial charge in [0.1, 0.15) is 0 Å². The van der Waals surface area contributed by atoms with Crippen molar-refractivity contribution in [3.63, 3.8) is 0 Å². The Hall–Kier alpha value is -0.820. The highest BCUT2D eigenvalue weighted by atomic mass is 14.9. The number of aryl methyl sites for hydroxylation is 1. The number of nitrogens with one attached hydrogen (secondary N) is 1. The maximum atomic E-state index is 3.74. The third-order valence-corrected chi connectivity index (χ3v) is 3.36. The zero-order valence-corrected chi connectivity index (χ0v) is 11.8. The van der Waals surface area contributed by atoms with Crippen molar-refractivity contribution in [3.8, 4) is 0 Å². The van der Waals surface area contributed by atoms with E-state index < -0.39 is 0 Å². The second-order valence-corrected chi connectivity index (χ2v) is 5.08. The Kier molecular flexibility index (Phi) is 6.28. The topological polar surface area (TPSA) is 12.0 Å². The van der Waals surface area contributed by atoms with E-state index in [0.717, 1.165) is 6.42 Å². The van der Waals surface area contributed by atoms with Crippen LogP contribution >= 0.6 is 0 Å². The molecule has 0 bridgehead atoms. The van der Waals surface area contributed by atoms with E-state index in [2.05, 4.69) is 57.3 Å². The predicted molar refractivity (Wildman–Crippen MR) is 76.3 cm³/mol. The lowest BCUT2D eigenvalue weighted by atomic mass is 10.0. The quantitative estimate of drug-likeness (QED) is 0.725. The Bertz CT molecular complexity index is 302. The summed E-state index contributed by atoms with van der Waals surface area (Å²) in [7, 11) is 0. The first-order valence-electron chi connectivity index (χ1n) is 7.00. The van der Waals surface area contributed by atoms with Gasteiger partial charge in [0.05, 0.1) is 0 Å². The van der Waals surface area contributed by atoms with Crippen LogP contribution in [0.2, 0.25) is 0 Å². The van der Waals surface area contributed by atoms with Gasteiger partial charge in [0.25, 0.3) is 0 Å². The third kappa shape index (κ3) is 4.91. The maximum Gasteiger partial charge on any atom is 0.0319 e. The molecule has 0 saturated carbocycles. The zero-order chi connectivity index (χ0) is 12.7. The molecule has 0 aliphatic heterocycles. The van der Waals surface area contributed by atoms with Gasteiger partial charge >= 0.3 is 0 Å². The van der Waals surface area contributed by atoms with Gasteiger partial charge in [-0.2, -0.15) is 0 Å². The molecule has 96 valence electrons. The highest BCUT2D eigenvalue weighted by Gasteiger charge is 2.11. The van der Waals surface area contributed by atoms with Crippen LogP contribution in [0.1, 0.15) is 63.6 Å². The first-order chi connectivity index (χ1) is 8.17. The Morgan fingerprint density at radius 1 is 1.12 bits per heavy atom. The summed E-state index contributed by atoms with van der Waals surface area (Å²) in [6.45, 7) is 8.95. The van der Waals surface area contributed by atoms with Crippen LogP contribution in [-0.2, 0) is 0 Å². The molecule has 0 aliphatic rings. The minimum atomic E-state index is 0.502. The molecule has 0 saturated heterocycles. The average molecular weight is 233 g/mol. The third-order valence-electron chi connectivity index (χ3n) is 3.36. The van der Waals surface area contributed by atoms with Crippen LogP contribution < -0.4 is 5.32 Å². The molecule has 0 spiro atoms. The molecule has 1 rings (SSSR count). The zero-order valence-electron chi connectivity index (χ0n) is 11.8. The van der Waals surface area contributed by atoms with Crippen LogP contribution in [0.5, 0.6) is 0 Å². The molecule has 1 aromatic rings. The Morgan fingerprint density at radius 2 is 1.76 bits per heavy atom. The van der Waals surface area contributed by atoms with Crippen LogP contribution in [0, 0.1) is 6.92 Å². The summed E-state index contributed by atoms with van der Waals surface area (Å²) in [4.78, 5) is 0. The molecule has 0 fully saturated rings. The van der Waals surface area contributed by atoms with Crippen LogP contribution in [0.15, 0.2) is 24.3 Å². The molecule has 0 aromatic heterocycles. The minimum absolute atomic E-state index is 0.502. The summed E-state index contributed by atoms with van der Waals surface area (Å²) in [5.41, 5.74) is 2.75. The first-order valence-corrected chi connectivity index (χ1v) is 7.00. The predicted octanol–water partition coefficient (Wildman–Crippen LogP) is 4.61. The summed E-state index contributed by atoms with van der Waals surface area (Å²) in [6, 6.07) is 10.0. The van der Waals surface area contributed by atoms with E-state index in [0.29, 0.717) is 12.1 Å². The van der Waals surface area contributed by atoms with Gasteiger partial charge in [0, 0.05) is 12.1 Å². The second kappa shape index (κ2) is 7.50. The Labute approximate surface area is 107 Å². The van der Waals surface area contributed by atoms with Crippen molar-refractivity contribution >= 4 is 0 Å². The van der Waals surface area contributed by atoms with Crippen molar-refractivity contribution < 1.29 is 0 Å². The van der Waals surface area contributed by atoms with Crippen molar-refractivity contribution in [2.24, 2.45) is 0 Å². The van der Waals surface area contributed by atoms with Crippen LogP contribution in [0.4, 0.5) is 0 Å². The molecule has 1 aromatic carbocycles. The van der Waals surface area contributed by atoms with Gasteiger partial charge in [-0.3, -0.25) is 0 Å². The smallest absolute Gasteiger partial charge is 0.0319 e. The lowest BCUT2D eigenvalue weighted by Crippen LogP contribution is -2.30. The first kappa shape index (κ1) is 14.2. The van der Waals surface area contributed by atoms with E-state index in [4.69, 9.17) is 0 Å². The van der Waals surface area contributed by atoms with Gasteiger partial charge in [-0.25, -0.2) is 0 Å². The van der Waals surface area contributed by atoms with Gasteiger partial charge in [-0.15, -0.1) is 0 Å². The molecule has 1 heteroatoms. The monoisotopic (exact) mass is 233 g/mol. The summed E-state index contributed by atoms with van der Waals surface area (Å²) >= 11 is 0. The molecule has 17 heavy (non-hydrogen) atoms. The molecule has 0 heterocycles. The standard InChI is InChI=1S/C16H27N/c1-5-7-8-14(4)17-16(6-2)15-11-9-13(3)10-12-15/h9-12,14,16-17H,5-8H2,1-4H3. The van der Waals surface area contributed by atoms with Gasteiger partial charge < -0.3 is 5.32 Å². The summed E-state index contributed by atoms with van der Waals surface area (Å²) in [5.74, 6) is 0.